The molecule has 0 bridgehead atoms. The van der Waals surface area contributed by atoms with E-state index in [2.05, 4.69) is 18.8 Å². The Morgan fingerprint density at radius 2 is 1.84 bits per heavy atom. The molecule has 0 aliphatic rings. The van der Waals surface area contributed by atoms with Gasteiger partial charge in [-0.1, -0.05) is 20.8 Å². The van der Waals surface area contributed by atoms with Crippen molar-refractivity contribution in [1.82, 2.24) is 4.98 Å². The van der Waals surface area contributed by atoms with Gasteiger partial charge in [0.25, 0.3) is 0 Å². The summed E-state index contributed by atoms with van der Waals surface area (Å²) in [7, 11) is 0. The Hall–Kier alpha value is -1.49. The quantitative estimate of drug-likeness (QED) is 0.614. The van der Waals surface area contributed by atoms with Gasteiger partial charge in [0.05, 0.1) is 18.4 Å². The Morgan fingerprint density at radius 1 is 1.20 bits per heavy atom. The lowest BCUT2D eigenvalue weighted by Gasteiger charge is -2.32. The monoisotopic (exact) mass is 353 g/mol. The third kappa shape index (κ3) is 6.38. The van der Waals surface area contributed by atoms with E-state index in [1.807, 2.05) is 27.7 Å². The van der Waals surface area contributed by atoms with Crippen molar-refractivity contribution in [3.63, 3.8) is 0 Å². The van der Waals surface area contributed by atoms with Crippen molar-refractivity contribution in [1.29, 1.82) is 0 Å². The molecule has 0 aromatic carbocycles. The van der Waals surface area contributed by atoms with Gasteiger partial charge in [-0.05, 0) is 50.7 Å². The fourth-order valence-electron chi connectivity index (χ4n) is 3.05. The highest BCUT2D eigenvalue weighted by atomic mass is 19.1. The number of aryl methyl sites for hydroxylation is 1. The number of ether oxygens (including phenoxy) is 2. The van der Waals surface area contributed by atoms with Gasteiger partial charge in [-0.2, -0.15) is 0 Å². The highest BCUT2D eigenvalue weighted by Crippen LogP contribution is 2.25. The Labute approximate surface area is 151 Å². The van der Waals surface area contributed by atoms with E-state index in [0.717, 1.165) is 12.0 Å². The molecule has 142 valence electrons. The van der Waals surface area contributed by atoms with Gasteiger partial charge in [0.2, 0.25) is 0 Å². The summed E-state index contributed by atoms with van der Waals surface area (Å²) in [4.78, 5) is 15.0. The molecule has 0 saturated heterocycles. The van der Waals surface area contributed by atoms with E-state index in [-0.39, 0.29) is 41.9 Å². The third-order valence-electron chi connectivity index (χ3n) is 5.01. The molecular formula is C20H32FNO3. The van der Waals surface area contributed by atoms with E-state index >= 15 is 0 Å². The predicted molar refractivity (Wildman–Crippen MR) is 96.8 cm³/mol. The first kappa shape index (κ1) is 21.6. The Bertz CT molecular complexity index is 544. The maximum atomic E-state index is 14.0. The molecule has 0 amide bonds. The summed E-state index contributed by atoms with van der Waals surface area (Å²) >= 11 is 0. The second-order valence-corrected chi connectivity index (χ2v) is 7.06. The van der Waals surface area contributed by atoms with Gasteiger partial charge in [-0.15, -0.1) is 0 Å². The van der Waals surface area contributed by atoms with Gasteiger partial charge >= 0.3 is 5.97 Å². The lowest BCUT2D eigenvalue weighted by molar-refractivity contribution is -0.152. The number of halogens is 1. The second kappa shape index (κ2) is 9.85. The van der Waals surface area contributed by atoms with Crippen LogP contribution in [0.2, 0.25) is 0 Å². The molecule has 4 nitrogen and oxygen atoms in total. The number of hydrogen-bond donors (Lipinski definition) is 0. The highest BCUT2D eigenvalue weighted by molar-refractivity contribution is 5.66. The average Bonchev–Trinajstić information content (AvgIpc) is 2.54. The van der Waals surface area contributed by atoms with Crippen molar-refractivity contribution in [2.45, 2.75) is 79.6 Å². The van der Waals surface area contributed by atoms with Gasteiger partial charge in [0, 0.05) is 19.0 Å². The third-order valence-corrected chi connectivity index (χ3v) is 5.01. The lowest BCUT2D eigenvalue weighted by Crippen LogP contribution is -2.35. The van der Waals surface area contributed by atoms with Crippen LogP contribution in [0.1, 0.15) is 59.1 Å². The molecule has 5 unspecified atom stereocenters. The minimum Gasteiger partial charge on any atom is -0.462 e. The van der Waals surface area contributed by atoms with E-state index in [1.54, 1.807) is 6.20 Å². The van der Waals surface area contributed by atoms with Gasteiger partial charge in [0.15, 0.2) is 0 Å². The number of nitrogens with zero attached hydrogens (tertiary/aromatic N) is 1. The fourth-order valence-corrected chi connectivity index (χ4v) is 3.05. The zero-order valence-electron chi connectivity index (χ0n) is 16.5. The molecule has 1 rings (SSSR count). The van der Waals surface area contributed by atoms with Crippen LogP contribution in [-0.4, -0.2) is 29.3 Å². The van der Waals surface area contributed by atoms with Crippen molar-refractivity contribution >= 4 is 5.97 Å². The summed E-state index contributed by atoms with van der Waals surface area (Å²) in [5, 5.41) is 0. The van der Waals surface area contributed by atoms with Crippen molar-refractivity contribution in [2.24, 2.45) is 11.8 Å². The minimum absolute atomic E-state index is 0.00828. The van der Waals surface area contributed by atoms with Crippen molar-refractivity contribution in [3.05, 3.63) is 29.3 Å². The van der Waals surface area contributed by atoms with E-state index < -0.39 is 0 Å². The van der Waals surface area contributed by atoms with Crippen LogP contribution in [0.25, 0.3) is 0 Å². The SMILES string of the molecule is CCC(OC(C)C(C)C(C)OC(C)=O)C(C)Cc1c(C)cncc1F. The van der Waals surface area contributed by atoms with E-state index in [1.165, 1.54) is 13.1 Å². The highest BCUT2D eigenvalue weighted by Gasteiger charge is 2.27. The largest absolute Gasteiger partial charge is 0.462 e. The van der Waals surface area contributed by atoms with Crippen LogP contribution in [0, 0.1) is 24.6 Å². The second-order valence-electron chi connectivity index (χ2n) is 7.06. The van der Waals surface area contributed by atoms with Crippen LogP contribution < -0.4 is 0 Å². The molecule has 0 spiro atoms. The minimum atomic E-state index is -0.282. The van der Waals surface area contributed by atoms with Crippen LogP contribution in [0.3, 0.4) is 0 Å². The number of carbonyl (C=O) groups is 1. The molecule has 0 aliphatic heterocycles. The molecule has 0 N–H and O–H groups in total. The number of carbonyl (C=O) groups excluding carboxylic acids is 1. The summed E-state index contributed by atoms with van der Waals surface area (Å²) in [6.45, 7) is 13.3. The molecule has 0 fully saturated rings. The zero-order chi connectivity index (χ0) is 19.1. The molecule has 1 aromatic heterocycles. The molecule has 5 atom stereocenters. The molecule has 25 heavy (non-hydrogen) atoms. The van der Waals surface area contributed by atoms with Crippen LogP contribution in [0.5, 0.6) is 0 Å². The van der Waals surface area contributed by atoms with Gasteiger partial charge in [-0.25, -0.2) is 4.39 Å². The number of rotatable bonds is 9. The van der Waals surface area contributed by atoms with Gasteiger partial charge in [-0.3, -0.25) is 9.78 Å². The van der Waals surface area contributed by atoms with Crippen LogP contribution >= 0.6 is 0 Å². The molecular weight excluding hydrogens is 321 g/mol. The first-order chi connectivity index (χ1) is 11.7. The summed E-state index contributed by atoms with van der Waals surface area (Å²) in [5.41, 5.74) is 1.57. The first-order valence-corrected chi connectivity index (χ1v) is 9.08. The van der Waals surface area contributed by atoms with E-state index in [0.29, 0.717) is 12.0 Å². The standard InChI is InChI=1S/C20H32FNO3/c1-8-20(25-16(6)14(4)15(5)24-17(7)23)12(2)9-18-13(3)10-22-11-19(18)21/h10-12,14-16,20H,8-9H2,1-7H3. The smallest absolute Gasteiger partial charge is 0.302 e. The normalized spacial score (nSPS) is 17.4. The van der Waals surface area contributed by atoms with E-state index in [4.69, 9.17) is 9.47 Å². The van der Waals surface area contributed by atoms with Crippen LogP contribution in [0.4, 0.5) is 4.39 Å². The average molecular weight is 353 g/mol. The molecule has 0 aliphatic carbocycles. The Kier molecular flexibility index (Phi) is 8.50. The molecule has 5 heteroatoms. The number of esters is 1. The van der Waals surface area contributed by atoms with Gasteiger partial charge in [0.1, 0.15) is 11.9 Å². The Balaban J connectivity index is 2.72. The van der Waals surface area contributed by atoms with Crippen LogP contribution in [0.15, 0.2) is 12.4 Å². The zero-order valence-corrected chi connectivity index (χ0v) is 16.5. The summed E-state index contributed by atoms with van der Waals surface area (Å²) < 4.78 is 25.6. The molecule has 1 aromatic rings. The maximum Gasteiger partial charge on any atom is 0.302 e. The van der Waals surface area contributed by atoms with Crippen molar-refractivity contribution < 1.29 is 18.7 Å². The summed E-state index contributed by atoms with van der Waals surface area (Å²) in [6.07, 6.45) is 4.14. The summed E-state index contributed by atoms with van der Waals surface area (Å²) in [5.74, 6) is -0.300. The lowest BCUT2D eigenvalue weighted by atomic mass is 9.92. The molecule has 1 heterocycles. The first-order valence-electron chi connectivity index (χ1n) is 9.08. The Morgan fingerprint density at radius 3 is 2.36 bits per heavy atom. The topological polar surface area (TPSA) is 48.4 Å². The predicted octanol–water partition coefficient (Wildman–Crippen LogP) is 4.48. The maximum absolute atomic E-state index is 14.0. The molecule has 0 radical (unpaired) electrons. The van der Waals surface area contributed by atoms with E-state index in [9.17, 15) is 9.18 Å². The van der Waals surface area contributed by atoms with Gasteiger partial charge < -0.3 is 9.47 Å². The number of aromatic nitrogens is 1. The van der Waals surface area contributed by atoms with Crippen molar-refractivity contribution in [3.8, 4) is 0 Å². The number of pyridine rings is 1. The number of hydrogen-bond acceptors (Lipinski definition) is 4. The fraction of sp³-hybridized carbons (Fsp3) is 0.700. The molecule has 0 saturated carbocycles. The summed E-state index contributed by atoms with van der Waals surface area (Å²) in [6, 6.07) is 0. The van der Waals surface area contributed by atoms with Crippen LogP contribution in [-0.2, 0) is 20.7 Å². The van der Waals surface area contributed by atoms with Crippen molar-refractivity contribution in [2.75, 3.05) is 0 Å².